The zero-order valence-corrected chi connectivity index (χ0v) is 11.9. The molecule has 0 fully saturated rings. The van der Waals surface area contributed by atoms with Gasteiger partial charge in [-0.3, -0.25) is 4.79 Å². The van der Waals surface area contributed by atoms with Crippen molar-refractivity contribution in [3.05, 3.63) is 52.9 Å². The Hall–Kier alpha value is -3.03. The molecule has 0 amide bonds. The van der Waals surface area contributed by atoms with Crippen molar-refractivity contribution in [2.75, 3.05) is 0 Å². The monoisotopic (exact) mass is 295 g/mol. The van der Waals surface area contributed by atoms with Crippen molar-refractivity contribution in [3.8, 4) is 0 Å². The molecule has 4 aromatic heterocycles. The average molecular weight is 295 g/mol. The number of imidazole rings is 1. The van der Waals surface area contributed by atoms with Crippen molar-refractivity contribution in [2.24, 2.45) is 0 Å². The van der Waals surface area contributed by atoms with E-state index in [4.69, 9.17) is 0 Å². The topological polar surface area (TPSA) is 93.8 Å². The molecule has 0 aliphatic heterocycles. The summed E-state index contributed by atoms with van der Waals surface area (Å²) in [6.45, 7) is 2.37. The number of pyridine rings is 1. The van der Waals surface area contributed by atoms with Crippen LogP contribution in [0.3, 0.4) is 0 Å². The lowest BCUT2D eigenvalue weighted by Gasteiger charge is -2.06. The minimum absolute atomic E-state index is 0.0837. The molecule has 8 heteroatoms. The molecule has 0 saturated carbocycles. The second-order valence-corrected chi connectivity index (χ2v) is 5.07. The number of hydrogen-bond donors (Lipinski definition) is 1. The van der Waals surface area contributed by atoms with E-state index in [1.54, 1.807) is 40.9 Å². The number of aromatic amines is 1. The maximum absolute atomic E-state index is 12.6. The number of H-pyrrole nitrogens is 1. The van der Waals surface area contributed by atoms with Gasteiger partial charge in [0.1, 0.15) is 5.82 Å². The lowest BCUT2D eigenvalue weighted by molar-refractivity contribution is 0.666. The smallest absolute Gasteiger partial charge is 0.261 e. The summed E-state index contributed by atoms with van der Waals surface area (Å²) in [4.78, 5) is 28.0. The summed E-state index contributed by atoms with van der Waals surface area (Å²) in [7, 11) is 0. The van der Waals surface area contributed by atoms with Gasteiger partial charge in [-0.25, -0.2) is 9.97 Å². The van der Waals surface area contributed by atoms with Gasteiger partial charge in [-0.05, 0) is 13.0 Å². The van der Waals surface area contributed by atoms with Crippen LogP contribution in [0.25, 0.3) is 16.7 Å². The molecule has 4 heterocycles. The summed E-state index contributed by atoms with van der Waals surface area (Å²) in [6.07, 6.45) is 7.44. The minimum Gasteiger partial charge on any atom is -0.348 e. The van der Waals surface area contributed by atoms with E-state index in [0.29, 0.717) is 35.5 Å². The zero-order chi connectivity index (χ0) is 15.1. The van der Waals surface area contributed by atoms with Crippen molar-refractivity contribution in [3.63, 3.8) is 0 Å². The molecule has 22 heavy (non-hydrogen) atoms. The molecule has 8 nitrogen and oxygen atoms in total. The van der Waals surface area contributed by atoms with Crippen LogP contribution in [0.5, 0.6) is 0 Å². The van der Waals surface area contributed by atoms with E-state index < -0.39 is 0 Å². The van der Waals surface area contributed by atoms with Crippen molar-refractivity contribution < 1.29 is 0 Å². The first-order valence-electron chi connectivity index (χ1n) is 6.91. The first kappa shape index (κ1) is 12.7. The molecule has 1 N–H and O–H groups in total. The van der Waals surface area contributed by atoms with Gasteiger partial charge in [-0.2, -0.15) is 9.50 Å². The van der Waals surface area contributed by atoms with Crippen molar-refractivity contribution in [1.82, 2.24) is 34.1 Å². The van der Waals surface area contributed by atoms with Crippen LogP contribution >= 0.6 is 0 Å². The molecule has 0 radical (unpaired) electrons. The molecule has 0 bridgehead atoms. The number of nitrogens with zero attached hydrogens (tertiary/aromatic N) is 6. The van der Waals surface area contributed by atoms with Crippen LogP contribution in [-0.2, 0) is 13.0 Å². The fraction of sp³-hybridized carbons (Fsp3) is 0.214. The number of aryl methyl sites for hydroxylation is 3. The SMILES string of the molecule is Cc1nc2ncc3c(=O)n(CCc4cnc[nH]4)ccc3n2n1. The van der Waals surface area contributed by atoms with E-state index in [-0.39, 0.29) is 5.56 Å². The Morgan fingerprint density at radius 2 is 2.23 bits per heavy atom. The second kappa shape index (κ2) is 4.76. The molecule has 0 aromatic carbocycles. The summed E-state index contributed by atoms with van der Waals surface area (Å²) < 4.78 is 3.27. The highest BCUT2D eigenvalue weighted by molar-refractivity contribution is 5.78. The molecule has 0 aliphatic carbocycles. The number of hydrogen-bond acceptors (Lipinski definition) is 5. The van der Waals surface area contributed by atoms with Crippen LogP contribution in [0.1, 0.15) is 11.5 Å². The maximum atomic E-state index is 12.6. The van der Waals surface area contributed by atoms with Gasteiger partial charge >= 0.3 is 0 Å². The van der Waals surface area contributed by atoms with E-state index in [2.05, 4.69) is 25.0 Å². The Bertz CT molecular complexity index is 1010. The summed E-state index contributed by atoms with van der Waals surface area (Å²) >= 11 is 0. The highest BCUT2D eigenvalue weighted by atomic mass is 16.1. The van der Waals surface area contributed by atoms with E-state index in [1.807, 2.05) is 6.07 Å². The van der Waals surface area contributed by atoms with Gasteiger partial charge in [0, 0.05) is 37.3 Å². The van der Waals surface area contributed by atoms with Gasteiger partial charge < -0.3 is 9.55 Å². The second-order valence-electron chi connectivity index (χ2n) is 5.07. The standard InChI is InChI=1S/C14H13N7O/c1-9-18-14-16-7-11-12(21(14)19-9)3-5-20(13(11)22)4-2-10-6-15-8-17-10/h3,5-8H,2,4H2,1H3,(H,15,17). The molecule has 0 aliphatic rings. The highest BCUT2D eigenvalue weighted by Crippen LogP contribution is 2.10. The van der Waals surface area contributed by atoms with Crippen LogP contribution in [-0.4, -0.2) is 34.1 Å². The minimum atomic E-state index is -0.0837. The van der Waals surface area contributed by atoms with Crippen LogP contribution < -0.4 is 5.56 Å². The first-order chi connectivity index (χ1) is 10.7. The predicted molar refractivity (Wildman–Crippen MR) is 79.6 cm³/mol. The Kier molecular flexibility index (Phi) is 2.75. The van der Waals surface area contributed by atoms with Gasteiger partial charge in [-0.1, -0.05) is 0 Å². The number of rotatable bonds is 3. The van der Waals surface area contributed by atoms with E-state index >= 15 is 0 Å². The zero-order valence-electron chi connectivity index (χ0n) is 11.9. The lowest BCUT2D eigenvalue weighted by atomic mass is 10.3. The third kappa shape index (κ3) is 1.96. The van der Waals surface area contributed by atoms with Crippen molar-refractivity contribution >= 4 is 16.7 Å². The van der Waals surface area contributed by atoms with Crippen LogP contribution in [0, 0.1) is 6.92 Å². The number of aromatic nitrogens is 7. The van der Waals surface area contributed by atoms with Crippen molar-refractivity contribution in [1.29, 1.82) is 0 Å². The molecule has 0 atom stereocenters. The Balaban J connectivity index is 1.80. The molecular formula is C14H13N7O. The molecule has 110 valence electrons. The third-order valence-corrected chi connectivity index (χ3v) is 3.59. The van der Waals surface area contributed by atoms with Crippen LogP contribution in [0.4, 0.5) is 0 Å². The van der Waals surface area contributed by atoms with E-state index in [1.165, 1.54) is 0 Å². The molecule has 4 aromatic rings. The molecule has 0 unspecified atom stereocenters. The van der Waals surface area contributed by atoms with E-state index in [0.717, 1.165) is 5.69 Å². The predicted octanol–water partition coefficient (Wildman–Crippen LogP) is 0.713. The van der Waals surface area contributed by atoms with Gasteiger partial charge in [0.2, 0.25) is 0 Å². The normalized spacial score (nSPS) is 11.5. The molecule has 0 saturated heterocycles. The maximum Gasteiger partial charge on any atom is 0.261 e. The fourth-order valence-corrected chi connectivity index (χ4v) is 2.50. The first-order valence-corrected chi connectivity index (χ1v) is 6.91. The lowest BCUT2D eigenvalue weighted by Crippen LogP contribution is -2.21. The number of fused-ring (bicyclic) bond motifs is 3. The van der Waals surface area contributed by atoms with Gasteiger partial charge in [-0.15, -0.1) is 5.10 Å². The molecular weight excluding hydrogens is 282 g/mol. The van der Waals surface area contributed by atoms with Gasteiger partial charge in [0.15, 0.2) is 0 Å². The summed E-state index contributed by atoms with van der Waals surface area (Å²) in [5.74, 6) is 1.13. The van der Waals surface area contributed by atoms with Crippen LogP contribution in [0.15, 0.2) is 35.8 Å². The molecule has 0 spiro atoms. The van der Waals surface area contributed by atoms with Gasteiger partial charge in [0.25, 0.3) is 11.3 Å². The quantitative estimate of drug-likeness (QED) is 0.601. The number of nitrogens with one attached hydrogen (secondary N) is 1. The Labute approximate surface area is 124 Å². The van der Waals surface area contributed by atoms with E-state index in [9.17, 15) is 4.79 Å². The summed E-state index contributed by atoms with van der Waals surface area (Å²) in [5, 5.41) is 4.81. The summed E-state index contributed by atoms with van der Waals surface area (Å²) in [6, 6.07) is 1.87. The van der Waals surface area contributed by atoms with Crippen LogP contribution in [0.2, 0.25) is 0 Å². The third-order valence-electron chi connectivity index (χ3n) is 3.59. The summed E-state index contributed by atoms with van der Waals surface area (Å²) in [5.41, 5.74) is 1.63. The molecule has 4 rings (SSSR count). The van der Waals surface area contributed by atoms with Gasteiger partial charge in [0.05, 0.1) is 17.2 Å². The fourth-order valence-electron chi connectivity index (χ4n) is 2.50. The Morgan fingerprint density at radius 3 is 3.05 bits per heavy atom. The van der Waals surface area contributed by atoms with Crippen molar-refractivity contribution in [2.45, 2.75) is 19.9 Å². The largest absolute Gasteiger partial charge is 0.348 e. The Morgan fingerprint density at radius 1 is 1.32 bits per heavy atom. The average Bonchev–Trinajstić information content (AvgIpc) is 3.14. The highest BCUT2D eigenvalue weighted by Gasteiger charge is 2.09.